The Balaban J connectivity index is 1.52. The molecular weight excluding hydrogens is 460 g/mol. The average molecular weight is 489 g/mol. The van der Waals surface area contributed by atoms with Gasteiger partial charge in [-0.2, -0.15) is 4.98 Å². The molecule has 1 aliphatic carbocycles. The minimum atomic E-state index is -0.128. The monoisotopic (exact) mass is 488 g/mol. The van der Waals surface area contributed by atoms with Crippen LogP contribution in [0.2, 0.25) is 5.02 Å². The molecule has 0 bridgehead atoms. The number of hydrogen-bond donors (Lipinski definition) is 2. The summed E-state index contributed by atoms with van der Waals surface area (Å²) in [5, 5.41) is 4.72. The summed E-state index contributed by atoms with van der Waals surface area (Å²) in [4.78, 5) is 27.2. The SMILES string of the molecule is CCn1c(=O)c(-c2ccc(-c3ncccc3C)cc2Cl)cc2cnc(N[C@H]3CC[C@H](N)CC3)nc21. The Hall–Kier alpha value is -3.29. The Morgan fingerprint density at radius 3 is 2.63 bits per heavy atom. The number of rotatable bonds is 5. The second-order valence-electron chi connectivity index (χ2n) is 9.20. The zero-order chi connectivity index (χ0) is 24.5. The fraction of sp³-hybridized carbons (Fsp3) is 0.333. The fourth-order valence-corrected chi connectivity index (χ4v) is 5.11. The summed E-state index contributed by atoms with van der Waals surface area (Å²) >= 11 is 6.70. The number of anilines is 1. The van der Waals surface area contributed by atoms with Gasteiger partial charge in [0.1, 0.15) is 5.65 Å². The van der Waals surface area contributed by atoms with Crippen molar-refractivity contribution in [2.24, 2.45) is 5.73 Å². The normalized spacial score (nSPS) is 18.1. The Morgan fingerprint density at radius 2 is 1.91 bits per heavy atom. The van der Waals surface area contributed by atoms with Gasteiger partial charge in [0.15, 0.2) is 0 Å². The average Bonchev–Trinajstić information content (AvgIpc) is 2.86. The molecule has 0 spiro atoms. The Labute approximate surface area is 209 Å². The molecule has 7 nitrogen and oxygen atoms in total. The van der Waals surface area contributed by atoms with Crippen molar-refractivity contribution in [3.63, 3.8) is 0 Å². The lowest BCUT2D eigenvalue weighted by Gasteiger charge is -2.26. The molecule has 1 aliphatic rings. The van der Waals surface area contributed by atoms with E-state index in [1.165, 1.54) is 0 Å². The van der Waals surface area contributed by atoms with Crippen LogP contribution in [0.15, 0.2) is 53.6 Å². The number of fused-ring (bicyclic) bond motifs is 1. The molecule has 1 aromatic carbocycles. The number of aryl methyl sites for hydroxylation is 2. The number of pyridine rings is 2. The molecule has 35 heavy (non-hydrogen) atoms. The molecule has 4 aromatic rings. The van der Waals surface area contributed by atoms with Gasteiger partial charge < -0.3 is 11.1 Å². The molecule has 0 unspecified atom stereocenters. The maximum Gasteiger partial charge on any atom is 0.260 e. The first kappa shape index (κ1) is 23.5. The van der Waals surface area contributed by atoms with Crippen molar-refractivity contribution in [2.45, 2.75) is 58.2 Å². The van der Waals surface area contributed by atoms with Crippen molar-refractivity contribution in [1.29, 1.82) is 0 Å². The van der Waals surface area contributed by atoms with E-state index in [4.69, 9.17) is 22.3 Å². The molecule has 1 saturated carbocycles. The van der Waals surface area contributed by atoms with E-state index in [0.717, 1.165) is 47.9 Å². The van der Waals surface area contributed by atoms with E-state index >= 15 is 0 Å². The van der Waals surface area contributed by atoms with Gasteiger partial charge in [-0.25, -0.2) is 4.98 Å². The highest BCUT2D eigenvalue weighted by atomic mass is 35.5. The van der Waals surface area contributed by atoms with Crippen LogP contribution in [0.25, 0.3) is 33.4 Å². The second kappa shape index (κ2) is 9.76. The maximum atomic E-state index is 13.5. The predicted octanol–water partition coefficient (Wildman–Crippen LogP) is 5.18. The number of hydrogen-bond acceptors (Lipinski definition) is 6. The number of halogens is 1. The zero-order valence-electron chi connectivity index (χ0n) is 20.0. The van der Waals surface area contributed by atoms with Gasteiger partial charge >= 0.3 is 0 Å². The Bertz CT molecular complexity index is 1440. The van der Waals surface area contributed by atoms with Crippen molar-refractivity contribution in [3.8, 4) is 22.4 Å². The number of nitrogens with two attached hydrogens (primary N) is 1. The van der Waals surface area contributed by atoms with Crippen molar-refractivity contribution in [2.75, 3.05) is 5.32 Å². The van der Waals surface area contributed by atoms with Crippen LogP contribution in [0.4, 0.5) is 5.95 Å². The lowest BCUT2D eigenvalue weighted by atomic mass is 9.92. The predicted molar refractivity (Wildman–Crippen MR) is 142 cm³/mol. The molecular formula is C27H29ClN6O. The van der Waals surface area contributed by atoms with Crippen LogP contribution in [0, 0.1) is 6.92 Å². The first-order chi connectivity index (χ1) is 16.9. The molecule has 0 amide bonds. The molecule has 8 heteroatoms. The summed E-state index contributed by atoms with van der Waals surface area (Å²) in [6, 6.07) is 12.0. The second-order valence-corrected chi connectivity index (χ2v) is 9.61. The van der Waals surface area contributed by atoms with Gasteiger partial charge in [-0.15, -0.1) is 0 Å². The smallest absolute Gasteiger partial charge is 0.260 e. The van der Waals surface area contributed by atoms with Crippen LogP contribution in [-0.4, -0.2) is 31.6 Å². The summed E-state index contributed by atoms with van der Waals surface area (Å²) in [6.45, 7) is 4.44. The summed E-state index contributed by atoms with van der Waals surface area (Å²) in [5.41, 5.74) is 10.6. The van der Waals surface area contributed by atoms with Gasteiger partial charge in [0, 0.05) is 58.1 Å². The van der Waals surface area contributed by atoms with Crippen LogP contribution in [0.1, 0.15) is 38.2 Å². The lowest BCUT2D eigenvalue weighted by Crippen LogP contribution is -2.33. The molecule has 5 rings (SSSR count). The summed E-state index contributed by atoms with van der Waals surface area (Å²) in [7, 11) is 0. The summed E-state index contributed by atoms with van der Waals surface area (Å²) < 4.78 is 1.68. The number of benzene rings is 1. The van der Waals surface area contributed by atoms with Crippen molar-refractivity contribution >= 4 is 28.6 Å². The molecule has 3 aromatic heterocycles. The molecule has 0 radical (unpaired) electrons. The molecule has 0 atom stereocenters. The van der Waals surface area contributed by atoms with E-state index in [1.54, 1.807) is 17.0 Å². The Kier molecular flexibility index (Phi) is 6.54. The molecule has 180 valence electrons. The third-order valence-electron chi connectivity index (χ3n) is 6.79. The zero-order valence-corrected chi connectivity index (χ0v) is 20.7. The van der Waals surface area contributed by atoms with Gasteiger partial charge in [-0.05, 0) is 63.3 Å². The molecule has 1 fully saturated rings. The van der Waals surface area contributed by atoms with Crippen molar-refractivity contribution < 1.29 is 0 Å². The highest BCUT2D eigenvalue weighted by Crippen LogP contribution is 2.32. The highest BCUT2D eigenvalue weighted by molar-refractivity contribution is 6.33. The van der Waals surface area contributed by atoms with Crippen LogP contribution in [0.5, 0.6) is 0 Å². The van der Waals surface area contributed by atoms with E-state index in [1.807, 2.05) is 50.2 Å². The largest absolute Gasteiger partial charge is 0.351 e. The first-order valence-electron chi connectivity index (χ1n) is 12.1. The summed E-state index contributed by atoms with van der Waals surface area (Å²) in [6.07, 6.45) is 7.51. The van der Waals surface area contributed by atoms with E-state index in [0.29, 0.717) is 40.3 Å². The van der Waals surface area contributed by atoms with Crippen LogP contribution < -0.4 is 16.6 Å². The van der Waals surface area contributed by atoms with Gasteiger partial charge in [-0.1, -0.05) is 29.8 Å². The first-order valence-corrected chi connectivity index (χ1v) is 12.5. The summed E-state index contributed by atoms with van der Waals surface area (Å²) in [5.74, 6) is 0.542. The van der Waals surface area contributed by atoms with E-state index in [-0.39, 0.29) is 11.6 Å². The van der Waals surface area contributed by atoms with Gasteiger partial charge in [0.25, 0.3) is 5.56 Å². The van der Waals surface area contributed by atoms with E-state index < -0.39 is 0 Å². The minimum absolute atomic E-state index is 0.128. The van der Waals surface area contributed by atoms with Gasteiger partial charge in [0.05, 0.1) is 5.69 Å². The van der Waals surface area contributed by atoms with E-state index in [9.17, 15) is 4.79 Å². The maximum absolute atomic E-state index is 13.5. The molecule has 3 heterocycles. The molecule has 0 aliphatic heterocycles. The van der Waals surface area contributed by atoms with E-state index in [2.05, 4.69) is 15.3 Å². The van der Waals surface area contributed by atoms with Crippen molar-refractivity contribution in [3.05, 3.63) is 69.7 Å². The number of nitrogens with one attached hydrogen (secondary N) is 1. The van der Waals surface area contributed by atoms with Gasteiger partial charge in [0.2, 0.25) is 5.95 Å². The van der Waals surface area contributed by atoms with Gasteiger partial charge in [-0.3, -0.25) is 14.3 Å². The van der Waals surface area contributed by atoms with Crippen LogP contribution in [0.3, 0.4) is 0 Å². The van der Waals surface area contributed by atoms with Crippen LogP contribution in [-0.2, 0) is 6.54 Å². The highest BCUT2D eigenvalue weighted by Gasteiger charge is 2.20. The third-order valence-corrected chi connectivity index (χ3v) is 7.10. The van der Waals surface area contributed by atoms with Crippen molar-refractivity contribution in [1.82, 2.24) is 19.5 Å². The fourth-order valence-electron chi connectivity index (χ4n) is 4.83. The quantitative estimate of drug-likeness (QED) is 0.401. The minimum Gasteiger partial charge on any atom is -0.351 e. The standard InChI is InChI=1S/C27H29ClN6O/c1-3-34-25-18(15-31-27(33-25)32-20-9-7-19(29)8-10-20)13-22(26(34)35)21-11-6-17(14-23(21)28)24-16(2)5-4-12-30-24/h4-6,11-15,19-20H,3,7-10,29H2,1-2H3,(H,31,32,33)/t19-,20-. The number of aromatic nitrogens is 4. The van der Waals surface area contributed by atoms with Crippen LogP contribution >= 0.6 is 11.6 Å². The molecule has 3 N–H and O–H groups in total. The Morgan fingerprint density at radius 1 is 1.11 bits per heavy atom. The third kappa shape index (κ3) is 4.66. The molecule has 0 saturated heterocycles. The topological polar surface area (TPSA) is 98.7 Å². The number of nitrogens with zero attached hydrogens (tertiary/aromatic N) is 4. The lowest BCUT2D eigenvalue weighted by molar-refractivity contribution is 0.410.